The number of carbonyl (C=O) groups is 1. The number of aliphatic carboxylic acids is 1. The summed E-state index contributed by atoms with van der Waals surface area (Å²) >= 11 is 0. The molecule has 2 rings (SSSR count). The van der Waals surface area contributed by atoms with Crippen molar-refractivity contribution in [3.63, 3.8) is 0 Å². The molecule has 0 bridgehead atoms. The lowest BCUT2D eigenvalue weighted by atomic mass is 10.0. The van der Waals surface area contributed by atoms with E-state index in [0.717, 1.165) is 19.4 Å². The summed E-state index contributed by atoms with van der Waals surface area (Å²) in [6.07, 6.45) is 4.21. The minimum atomic E-state index is -0.761. The first-order valence-electron chi connectivity index (χ1n) is 4.95. The van der Waals surface area contributed by atoms with Crippen molar-refractivity contribution in [3.8, 4) is 0 Å². The molecule has 1 aliphatic heterocycles. The quantitative estimate of drug-likeness (QED) is 0.730. The Morgan fingerprint density at radius 1 is 1.53 bits per heavy atom. The van der Waals surface area contributed by atoms with Gasteiger partial charge in [-0.25, -0.2) is 4.68 Å². The van der Waals surface area contributed by atoms with Crippen LogP contribution in [0.2, 0.25) is 0 Å². The SMILES string of the molecule is O=C(O)C1CCCCN1Cn1cnnn1. The first-order chi connectivity index (χ1) is 7.27. The molecule has 82 valence electrons. The van der Waals surface area contributed by atoms with E-state index in [0.29, 0.717) is 13.1 Å². The van der Waals surface area contributed by atoms with Gasteiger partial charge in [0.15, 0.2) is 0 Å². The number of carboxylic acids is 1. The fourth-order valence-corrected chi connectivity index (χ4v) is 1.87. The molecular weight excluding hydrogens is 198 g/mol. The zero-order valence-corrected chi connectivity index (χ0v) is 8.28. The second-order valence-electron chi connectivity index (χ2n) is 3.65. The van der Waals surface area contributed by atoms with Crippen molar-refractivity contribution >= 4 is 5.97 Å². The van der Waals surface area contributed by atoms with Gasteiger partial charge in [-0.05, 0) is 23.3 Å². The fourth-order valence-electron chi connectivity index (χ4n) is 1.87. The molecule has 15 heavy (non-hydrogen) atoms. The Hall–Kier alpha value is -1.50. The van der Waals surface area contributed by atoms with E-state index >= 15 is 0 Å². The van der Waals surface area contributed by atoms with Crippen molar-refractivity contribution in [2.45, 2.75) is 32.0 Å². The van der Waals surface area contributed by atoms with Crippen LogP contribution in [0.1, 0.15) is 19.3 Å². The lowest BCUT2D eigenvalue weighted by Crippen LogP contribution is -2.45. The van der Waals surface area contributed by atoms with Crippen molar-refractivity contribution in [1.29, 1.82) is 0 Å². The highest BCUT2D eigenvalue weighted by atomic mass is 16.4. The predicted octanol–water partition coefficient (Wildman–Crippen LogP) is -0.430. The van der Waals surface area contributed by atoms with Crippen LogP contribution in [0.4, 0.5) is 0 Å². The third-order valence-electron chi connectivity index (χ3n) is 2.62. The zero-order valence-electron chi connectivity index (χ0n) is 8.28. The van der Waals surface area contributed by atoms with Crippen molar-refractivity contribution in [1.82, 2.24) is 25.1 Å². The third kappa shape index (κ3) is 2.30. The van der Waals surface area contributed by atoms with Gasteiger partial charge in [0.25, 0.3) is 0 Å². The van der Waals surface area contributed by atoms with Crippen LogP contribution in [0.3, 0.4) is 0 Å². The molecule has 7 nitrogen and oxygen atoms in total. The maximum absolute atomic E-state index is 11.0. The molecule has 0 radical (unpaired) electrons. The van der Waals surface area contributed by atoms with E-state index in [2.05, 4.69) is 15.5 Å². The Bertz CT molecular complexity index is 326. The zero-order chi connectivity index (χ0) is 10.7. The number of likely N-dealkylation sites (tertiary alicyclic amines) is 1. The molecule has 1 aromatic rings. The van der Waals surface area contributed by atoms with Gasteiger partial charge in [0.05, 0.1) is 6.67 Å². The van der Waals surface area contributed by atoms with Crippen LogP contribution in [0.5, 0.6) is 0 Å². The van der Waals surface area contributed by atoms with Crippen LogP contribution >= 0.6 is 0 Å². The van der Waals surface area contributed by atoms with E-state index in [1.54, 1.807) is 4.68 Å². The van der Waals surface area contributed by atoms with Gasteiger partial charge in [0.1, 0.15) is 12.4 Å². The minimum absolute atomic E-state index is 0.400. The van der Waals surface area contributed by atoms with Gasteiger partial charge in [-0.1, -0.05) is 6.42 Å². The standard InChI is InChI=1S/C8H13N5O2/c14-8(15)7-3-1-2-4-12(7)6-13-5-9-10-11-13/h5,7H,1-4,6H2,(H,14,15). The molecule has 1 aromatic heterocycles. The number of tetrazole rings is 1. The van der Waals surface area contributed by atoms with Crippen LogP contribution in [0.15, 0.2) is 6.33 Å². The van der Waals surface area contributed by atoms with Crippen molar-refractivity contribution in [2.24, 2.45) is 0 Å². The van der Waals surface area contributed by atoms with Crippen molar-refractivity contribution < 1.29 is 9.90 Å². The molecule has 0 spiro atoms. The molecular formula is C8H13N5O2. The van der Waals surface area contributed by atoms with E-state index in [-0.39, 0.29) is 0 Å². The van der Waals surface area contributed by atoms with Gasteiger partial charge in [-0.15, -0.1) is 5.10 Å². The monoisotopic (exact) mass is 211 g/mol. The summed E-state index contributed by atoms with van der Waals surface area (Å²) in [6.45, 7) is 1.24. The van der Waals surface area contributed by atoms with Gasteiger partial charge in [-0.2, -0.15) is 0 Å². The average molecular weight is 211 g/mol. The molecule has 1 saturated heterocycles. The number of rotatable bonds is 3. The molecule has 1 atom stereocenters. The molecule has 1 unspecified atom stereocenters. The topological polar surface area (TPSA) is 84.1 Å². The highest BCUT2D eigenvalue weighted by Crippen LogP contribution is 2.17. The summed E-state index contributed by atoms with van der Waals surface area (Å²) in [5, 5.41) is 19.8. The van der Waals surface area contributed by atoms with Crippen LogP contribution < -0.4 is 0 Å². The Kier molecular flexibility index (Phi) is 2.91. The number of nitrogens with zero attached hydrogens (tertiary/aromatic N) is 5. The van der Waals surface area contributed by atoms with Crippen LogP contribution in [-0.2, 0) is 11.5 Å². The van der Waals surface area contributed by atoms with E-state index < -0.39 is 12.0 Å². The maximum atomic E-state index is 11.0. The number of hydrogen-bond donors (Lipinski definition) is 1. The van der Waals surface area contributed by atoms with E-state index in [4.69, 9.17) is 5.11 Å². The summed E-state index contributed by atoms with van der Waals surface area (Å²) in [5.74, 6) is -0.761. The summed E-state index contributed by atoms with van der Waals surface area (Å²) in [4.78, 5) is 12.9. The minimum Gasteiger partial charge on any atom is -0.480 e. The second-order valence-corrected chi connectivity index (χ2v) is 3.65. The summed E-state index contributed by atoms with van der Waals surface area (Å²) in [5.41, 5.74) is 0. The highest BCUT2D eigenvalue weighted by molar-refractivity contribution is 5.73. The van der Waals surface area contributed by atoms with Crippen LogP contribution in [0, 0.1) is 0 Å². The van der Waals surface area contributed by atoms with Gasteiger partial charge in [-0.3, -0.25) is 9.69 Å². The molecule has 2 heterocycles. The lowest BCUT2D eigenvalue weighted by Gasteiger charge is -2.32. The normalized spacial score (nSPS) is 22.8. The Morgan fingerprint density at radius 3 is 3.07 bits per heavy atom. The van der Waals surface area contributed by atoms with Gasteiger partial charge >= 0.3 is 5.97 Å². The summed E-state index contributed by atoms with van der Waals surface area (Å²) < 4.78 is 1.54. The van der Waals surface area contributed by atoms with Gasteiger partial charge in [0.2, 0.25) is 0 Å². The number of piperidine rings is 1. The fraction of sp³-hybridized carbons (Fsp3) is 0.750. The van der Waals surface area contributed by atoms with Gasteiger partial charge in [0, 0.05) is 6.54 Å². The number of carboxylic acid groups (broad SMARTS) is 1. The average Bonchev–Trinajstić information content (AvgIpc) is 2.71. The first kappa shape index (κ1) is 10.0. The predicted molar refractivity (Wildman–Crippen MR) is 49.8 cm³/mol. The smallest absolute Gasteiger partial charge is 0.320 e. The highest BCUT2D eigenvalue weighted by Gasteiger charge is 2.28. The third-order valence-corrected chi connectivity index (χ3v) is 2.62. The molecule has 0 amide bonds. The van der Waals surface area contributed by atoms with Crippen LogP contribution in [0.25, 0.3) is 0 Å². The molecule has 0 saturated carbocycles. The lowest BCUT2D eigenvalue weighted by molar-refractivity contribution is -0.145. The first-order valence-corrected chi connectivity index (χ1v) is 4.95. The molecule has 1 fully saturated rings. The van der Waals surface area contributed by atoms with Gasteiger partial charge < -0.3 is 5.11 Å². The summed E-state index contributed by atoms with van der Waals surface area (Å²) in [6, 6.07) is -0.400. The molecule has 1 aliphatic rings. The maximum Gasteiger partial charge on any atom is 0.320 e. The summed E-state index contributed by atoms with van der Waals surface area (Å²) in [7, 11) is 0. The molecule has 1 N–H and O–H groups in total. The second kappa shape index (κ2) is 4.35. The Morgan fingerprint density at radius 2 is 2.40 bits per heavy atom. The van der Waals surface area contributed by atoms with E-state index in [1.807, 2.05) is 4.90 Å². The largest absolute Gasteiger partial charge is 0.480 e. The van der Waals surface area contributed by atoms with Crippen LogP contribution in [-0.4, -0.2) is 48.8 Å². The molecule has 7 heteroatoms. The number of aromatic nitrogens is 4. The Balaban J connectivity index is 2.02. The molecule has 0 aliphatic carbocycles. The number of hydrogen-bond acceptors (Lipinski definition) is 5. The van der Waals surface area contributed by atoms with Crippen molar-refractivity contribution in [3.05, 3.63) is 6.33 Å². The van der Waals surface area contributed by atoms with E-state index in [1.165, 1.54) is 6.33 Å². The van der Waals surface area contributed by atoms with E-state index in [9.17, 15) is 4.79 Å². The van der Waals surface area contributed by atoms with Crippen molar-refractivity contribution in [2.75, 3.05) is 6.54 Å². The Labute approximate surface area is 86.7 Å². The molecule has 0 aromatic carbocycles.